The minimum atomic E-state index is -4.67. The molecule has 0 saturated heterocycles. The molecule has 12 heteroatoms. The van der Waals surface area contributed by atoms with Crippen molar-refractivity contribution in [1.29, 1.82) is 0 Å². The molecule has 0 bridgehead atoms. The summed E-state index contributed by atoms with van der Waals surface area (Å²) >= 11 is 0. The van der Waals surface area contributed by atoms with Gasteiger partial charge in [-0.05, 0) is 31.0 Å². The predicted molar refractivity (Wildman–Crippen MR) is 82.5 cm³/mol. The number of hydrogen-bond acceptors (Lipinski definition) is 4. The SMILES string of the molecule is O=C(CNC1CC(S(=O)(=O)c2cccc(C(F)(F)F)c2)C1)NCC(F)(F)F. The highest BCUT2D eigenvalue weighted by atomic mass is 32.2. The van der Waals surface area contributed by atoms with Gasteiger partial charge < -0.3 is 10.6 Å². The Bertz CT molecular complexity index is 785. The van der Waals surface area contributed by atoms with Crippen LogP contribution in [0.3, 0.4) is 0 Å². The van der Waals surface area contributed by atoms with Gasteiger partial charge in [-0.1, -0.05) is 6.07 Å². The van der Waals surface area contributed by atoms with Crippen molar-refractivity contribution in [3.63, 3.8) is 0 Å². The minimum absolute atomic E-state index is 0.0468. The molecule has 152 valence electrons. The van der Waals surface area contributed by atoms with Crippen LogP contribution in [0.5, 0.6) is 0 Å². The largest absolute Gasteiger partial charge is 0.416 e. The molecule has 1 aliphatic carbocycles. The summed E-state index contributed by atoms with van der Waals surface area (Å²) in [5.74, 6) is -0.892. The van der Waals surface area contributed by atoms with E-state index >= 15 is 0 Å². The first-order valence-corrected chi connectivity index (χ1v) is 9.31. The second kappa shape index (κ2) is 7.66. The Morgan fingerprint density at radius 3 is 2.30 bits per heavy atom. The molecular formula is C15H16F6N2O3S. The van der Waals surface area contributed by atoms with Gasteiger partial charge in [0.1, 0.15) is 6.54 Å². The zero-order valence-electron chi connectivity index (χ0n) is 13.7. The molecule has 0 unspecified atom stereocenters. The maximum atomic E-state index is 12.7. The number of hydrogen-bond donors (Lipinski definition) is 2. The molecule has 0 aromatic heterocycles. The van der Waals surface area contributed by atoms with Crippen molar-refractivity contribution in [3.05, 3.63) is 29.8 Å². The van der Waals surface area contributed by atoms with Gasteiger partial charge in [-0.2, -0.15) is 26.3 Å². The molecule has 0 radical (unpaired) electrons. The van der Waals surface area contributed by atoms with Gasteiger partial charge in [0.25, 0.3) is 0 Å². The van der Waals surface area contributed by atoms with Crippen molar-refractivity contribution in [3.8, 4) is 0 Å². The van der Waals surface area contributed by atoms with E-state index in [2.05, 4.69) is 5.32 Å². The summed E-state index contributed by atoms with van der Waals surface area (Å²) < 4.78 is 98.8. The number of rotatable bonds is 6. The second-order valence-corrected chi connectivity index (χ2v) is 8.36. The average molecular weight is 418 g/mol. The van der Waals surface area contributed by atoms with Gasteiger partial charge in [0.05, 0.1) is 22.3 Å². The fourth-order valence-electron chi connectivity index (χ4n) is 2.53. The molecule has 27 heavy (non-hydrogen) atoms. The monoisotopic (exact) mass is 418 g/mol. The summed E-state index contributed by atoms with van der Waals surface area (Å²) in [5.41, 5.74) is -1.07. The highest BCUT2D eigenvalue weighted by Crippen LogP contribution is 2.35. The summed E-state index contributed by atoms with van der Waals surface area (Å²) in [7, 11) is -3.98. The predicted octanol–water partition coefficient (Wildman–Crippen LogP) is 2.28. The third-order valence-corrected chi connectivity index (χ3v) is 6.23. The van der Waals surface area contributed by atoms with Crippen LogP contribution in [0.4, 0.5) is 26.3 Å². The Kier molecular flexibility index (Phi) is 6.10. The molecule has 0 atom stereocenters. The highest BCUT2D eigenvalue weighted by molar-refractivity contribution is 7.92. The maximum absolute atomic E-state index is 12.7. The van der Waals surface area contributed by atoms with Crippen molar-refractivity contribution < 1.29 is 39.6 Å². The lowest BCUT2D eigenvalue weighted by molar-refractivity contribution is -0.138. The lowest BCUT2D eigenvalue weighted by Crippen LogP contribution is -2.50. The normalized spacial score (nSPS) is 20.8. The van der Waals surface area contributed by atoms with E-state index in [-0.39, 0.29) is 12.8 Å². The van der Waals surface area contributed by atoms with Gasteiger partial charge in [-0.15, -0.1) is 0 Å². The molecule has 1 aromatic carbocycles. The van der Waals surface area contributed by atoms with Crippen LogP contribution >= 0.6 is 0 Å². The summed E-state index contributed by atoms with van der Waals surface area (Å²) in [6.07, 6.45) is -9.11. The highest BCUT2D eigenvalue weighted by Gasteiger charge is 2.40. The van der Waals surface area contributed by atoms with Crippen LogP contribution < -0.4 is 10.6 Å². The Balaban J connectivity index is 1.87. The van der Waals surface area contributed by atoms with E-state index < -0.39 is 62.9 Å². The molecule has 5 nitrogen and oxygen atoms in total. The number of nitrogens with one attached hydrogen (secondary N) is 2. The molecule has 1 saturated carbocycles. The zero-order valence-corrected chi connectivity index (χ0v) is 14.5. The Hall–Kier alpha value is -1.82. The third kappa shape index (κ3) is 5.83. The standard InChI is InChI=1S/C15H16F6N2O3S/c16-14(17,18)8-23-13(24)7-22-10-5-12(6-10)27(25,26)11-3-1-2-9(4-11)15(19,20)21/h1-4,10,12,22H,5-8H2,(H,23,24). The summed E-state index contributed by atoms with van der Waals surface area (Å²) in [6, 6.07) is 3.00. The second-order valence-electron chi connectivity index (χ2n) is 6.13. The molecule has 1 amide bonds. The molecule has 0 heterocycles. The van der Waals surface area contributed by atoms with E-state index in [4.69, 9.17) is 0 Å². The number of alkyl halides is 6. The Morgan fingerprint density at radius 2 is 1.74 bits per heavy atom. The lowest BCUT2D eigenvalue weighted by atomic mass is 9.92. The van der Waals surface area contributed by atoms with E-state index in [0.717, 1.165) is 18.2 Å². The number of carbonyl (C=O) groups excluding carboxylic acids is 1. The molecule has 2 N–H and O–H groups in total. The molecule has 1 aromatic rings. The summed E-state index contributed by atoms with van der Waals surface area (Å²) in [5, 5.41) is 3.36. The van der Waals surface area contributed by atoms with Gasteiger partial charge in [-0.25, -0.2) is 8.42 Å². The van der Waals surface area contributed by atoms with Crippen LogP contribution in [-0.4, -0.2) is 44.9 Å². The van der Waals surface area contributed by atoms with E-state index in [1.807, 2.05) is 0 Å². The minimum Gasteiger partial charge on any atom is -0.346 e. The number of carbonyl (C=O) groups is 1. The van der Waals surface area contributed by atoms with Crippen molar-refractivity contribution >= 4 is 15.7 Å². The number of amides is 1. The van der Waals surface area contributed by atoms with Crippen LogP contribution in [-0.2, 0) is 20.8 Å². The van der Waals surface area contributed by atoms with Gasteiger partial charge in [-0.3, -0.25) is 4.79 Å². The topological polar surface area (TPSA) is 75.3 Å². The van der Waals surface area contributed by atoms with Crippen molar-refractivity contribution in [2.75, 3.05) is 13.1 Å². The first-order chi connectivity index (χ1) is 12.3. The van der Waals surface area contributed by atoms with Crippen LogP contribution in [0.15, 0.2) is 29.2 Å². The van der Waals surface area contributed by atoms with Crippen molar-refractivity contribution in [2.24, 2.45) is 0 Å². The van der Waals surface area contributed by atoms with Crippen molar-refractivity contribution in [1.82, 2.24) is 10.6 Å². The van der Waals surface area contributed by atoms with E-state index in [9.17, 15) is 39.6 Å². The first-order valence-electron chi connectivity index (χ1n) is 7.77. The molecule has 1 fully saturated rings. The van der Waals surface area contributed by atoms with Gasteiger partial charge in [0, 0.05) is 6.04 Å². The van der Waals surface area contributed by atoms with Crippen LogP contribution in [0.1, 0.15) is 18.4 Å². The number of sulfone groups is 1. The number of halogens is 6. The molecule has 1 aliphatic rings. The maximum Gasteiger partial charge on any atom is 0.416 e. The average Bonchev–Trinajstić information content (AvgIpc) is 2.50. The fourth-order valence-corrected chi connectivity index (χ4v) is 4.44. The molecule has 0 aliphatic heterocycles. The Morgan fingerprint density at radius 1 is 1.11 bits per heavy atom. The van der Waals surface area contributed by atoms with Crippen LogP contribution in [0, 0.1) is 0 Å². The van der Waals surface area contributed by atoms with Crippen LogP contribution in [0.25, 0.3) is 0 Å². The molecule has 2 rings (SSSR count). The summed E-state index contributed by atoms with van der Waals surface area (Å²) in [6.45, 7) is -1.89. The zero-order chi connectivity index (χ0) is 20.5. The van der Waals surface area contributed by atoms with E-state index in [1.165, 1.54) is 0 Å². The third-order valence-electron chi connectivity index (χ3n) is 4.06. The smallest absolute Gasteiger partial charge is 0.346 e. The van der Waals surface area contributed by atoms with E-state index in [1.54, 1.807) is 5.32 Å². The molecular weight excluding hydrogens is 402 g/mol. The Labute approximate surface area is 151 Å². The van der Waals surface area contributed by atoms with Crippen LogP contribution in [0.2, 0.25) is 0 Å². The fraction of sp³-hybridized carbons (Fsp3) is 0.533. The lowest BCUT2D eigenvalue weighted by Gasteiger charge is -2.35. The quantitative estimate of drug-likeness (QED) is 0.696. The van der Waals surface area contributed by atoms with Crippen molar-refractivity contribution in [2.45, 2.75) is 41.4 Å². The van der Waals surface area contributed by atoms with Gasteiger partial charge >= 0.3 is 12.4 Å². The first kappa shape index (κ1) is 21.5. The van der Waals surface area contributed by atoms with E-state index in [0.29, 0.717) is 6.07 Å². The number of benzene rings is 1. The van der Waals surface area contributed by atoms with Gasteiger partial charge in [0.15, 0.2) is 9.84 Å². The summed E-state index contributed by atoms with van der Waals surface area (Å²) in [4.78, 5) is 10.8. The molecule has 0 spiro atoms. The van der Waals surface area contributed by atoms with Gasteiger partial charge in [0.2, 0.25) is 5.91 Å².